The Morgan fingerprint density at radius 2 is 1.64 bits per heavy atom. The van der Waals surface area contributed by atoms with Crippen molar-refractivity contribution in [3.05, 3.63) is 102 Å². The molecule has 0 amide bonds. The number of hydrogen-bond donors (Lipinski definition) is 0. The van der Waals surface area contributed by atoms with Gasteiger partial charge in [0.1, 0.15) is 0 Å². The predicted molar refractivity (Wildman–Crippen MR) is 90.8 cm³/mol. The van der Waals surface area contributed by atoms with Crippen LogP contribution in [0.25, 0.3) is 10.9 Å². The topological polar surface area (TPSA) is 12.9 Å². The summed E-state index contributed by atoms with van der Waals surface area (Å²) in [5.74, 6) is 0. The van der Waals surface area contributed by atoms with Gasteiger partial charge in [-0.25, -0.2) is 0 Å². The molecule has 1 aliphatic carbocycles. The summed E-state index contributed by atoms with van der Waals surface area (Å²) in [4.78, 5) is 4.60. The van der Waals surface area contributed by atoms with Crippen LogP contribution >= 0.6 is 0 Å². The van der Waals surface area contributed by atoms with Gasteiger partial charge in [0.2, 0.25) is 0 Å². The SMILES string of the molecule is [Cl-].[Cl-].[Cr+2][C]1(c2cccc3cccnc23)C=CC(Cc2ccccc2)=C1. The number of pyridine rings is 1. The molecular weight excluding hydrogens is 389 g/mol. The molecule has 1 aliphatic rings. The number of benzene rings is 2. The zero-order valence-electron chi connectivity index (χ0n) is 13.4. The van der Waals surface area contributed by atoms with Crippen LogP contribution in [-0.4, -0.2) is 4.98 Å². The molecule has 1 unspecified atom stereocenters. The molecule has 0 fully saturated rings. The summed E-state index contributed by atoms with van der Waals surface area (Å²) in [6.07, 6.45) is 9.62. The standard InChI is InChI=1S/C21H16N.2ClH.Cr/c1-2-6-16(7-3-1)14-17-11-12-19(15-17)20-10-4-8-18-9-5-13-22-21(18)20;;;/h1-13,15H,14H2;2*1H;/q;;;+2/p-2. The average molecular weight is 405 g/mol. The van der Waals surface area contributed by atoms with E-state index >= 15 is 0 Å². The first-order valence-electron chi connectivity index (χ1n) is 7.74. The third kappa shape index (κ3) is 4.00. The molecule has 0 radical (unpaired) electrons. The maximum atomic E-state index is 4.60. The second-order valence-corrected chi connectivity index (χ2v) is 6.94. The Hall–Kier alpha value is -1.56. The third-order valence-corrected chi connectivity index (χ3v) is 4.99. The van der Waals surface area contributed by atoms with Gasteiger partial charge in [-0.1, -0.05) is 0 Å². The van der Waals surface area contributed by atoms with E-state index in [1.54, 1.807) is 0 Å². The number of nitrogens with zero attached hydrogens (tertiary/aromatic N) is 1. The Morgan fingerprint density at radius 1 is 0.880 bits per heavy atom. The Kier molecular flexibility index (Phi) is 6.49. The van der Waals surface area contributed by atoms with Crippen molar-refractivity contribution in [2.24, 2.45) is 0 Å². The number of aromatic nitrogens is 1. The van der Waals surface area contributed by atoms with E-state index in [9.17, 15) is 0 Å². The first-order chi connectivity index (χ1) is 11.2. The molecule has 25 heavy (non-hydrogen) atoms. The number of allylic oxidation sites excluding steroid dienone is 4. The molecule has 125 valence electrons. The summed E-state index contributed by atoms with van der Waals surface area (Å²) in [7, 11) is 0. The molecule has 1 atom stereocenters. The quantitative estimate of drug-likeness (QED) is 0.530. The number of fused-ring (bicyclic) bond motifs is 1. The fraction of sp³-hybridized carbons (Fsp3) is 0.0952. The fourth-order valence-corrected chi connectivity index (χ4v) is 3.73. The second-order valence-electron chi connectivity index (χ2n) is 5.89. The zero-order chi connectivity index (χ0) is 15.7. The van der Waals surface area contributed by atoms with E-state index in [4.69, 9.17) is 0 Å². The van der Waals surface area contributed by atoms with Crippen molar-refractivity contribution in [2.75, 3.05) is 0 Å². The average Bonchev–Trinajstić information content (AvgIpc) is 2.97. The number of hydrogen-bond acceptors (Lipinski definition) is 1. The van der Waals surface area contributed by atoms with Gasteiger partial charge in [-0.2, -0.15) is 0 Å². The van der Waals surface area contributed by atoms with E-state index in [0.29, 0.717) is 0 Å². The molecule has 0 N–H and O–H groups in total. The van der Waals surface area contributed by atoms with Crippen LogP contribution in [0.1, 0.15) is 11.1 Å². The molecule has 1 aromatic heterocycles. The summed E-state index contributed by atoms with van der Waals surface area (Å²) in [6.45, 7) is 0. The number of halogens is 2. The van der Waals surface area contributed by atoms with Crippen LogP contribution in [0.3, 0.4) is 0 Å². The summed E-state index contributed by atoms with van der Waals surface area (Å²) < 4.78 is -0.210. The third-order valence-electron chi connectivity index (χ3n) is 4.25. The molecule has 4 rings (SSSR count). The maximum absolute atomic E-state index is 4.60. The Bertz CT molecular complexity index is 916. The molecule has 0 saturated heterocycles. The van der Waals surface area contributed by atoms with Gasteiger partial charge >= 0.3 is 145 Å². The van der Waals surface area contributed by atoms with E-state index in [2.05, 4.69) is 94.1 Å². The van der Waals surface area contributed by atoms with Crippen LogP contribution in [0.4, 0.5) is 0 Å². The van der Waals surface area contributed by atoms with E-state index in [0.717, 1.165) is 11.9 Å². The minimum absolute atomic E-state index is 0. The first kappa shape index (κ1) is 19.8. The summed E-state index contributed by atoms with van der Waals surface area (Å²) in [5, 5.41) is 1.18. The van der Waals surface area contributed by atoms with Crippen LogP contribution in [0.5, 0.6) is 0 Å². The monoisotopic (exact) mass is 404 g/mol. The normalized spacial score (nSPS) is 18.3. The van der Waals surface area contributed by atoms with Crippen molar-refractivity contribution in [3.8, 4) is 0 Å². The van der Waals surface area contributed by atoms with Gasteiger partial charge in [-0.05, 0) is 0 Å². The van der Waals surface area contributed by atoms with Gasteiger partial charge in [0.25, 0.3) is 0 Å². The van der Waals surface area contributed by atoms with Crippen molar-refractivity contribution in [2.45, 2.75) is 10.7 Å². The molecular formula is C21H16Cl2CrN. The molecule has 2 aromatic carbocycles. The molecule has 4 heteroatoms. The number of para-hydroxylation sites is 1. The van der Waals surface area contributed by atoms with E-state index in [1.165, 1.54) is 22.1 Å². The summed E-state index contributed by atoms with van der Waals surface area (Å²) in [6, 6.07) is 21.1. The predicted octanol–water partition coefficient (Wildman–Crippen LogP) is -1.28. The van der Waals surface area contributed by atoms with Crippen LogP contribution in [0, 0.1) is 0 Å². The van der Waals surface area contributed by atoms with Crippen molar-refractivity contribution in [1.82, 2.24) is 4.98 Å². The Balaban J connectivity index is 0.00000113. The minimum atomic E-state index is -0.210. The van der Waals surface area contributed by atoms with Gasteiger partial charge in [0.15, 0.2) is 0 Å². The molecule has 3 aromatic rings. The van der Waals surface area contributed by atoms with Crippen LogP contribution < -0.4 is 24.8 Å². The van der Waals surface area contributed by atoms with E-state index < -0.39 is 0 Å². The van der Waals surface area contributed by atoms with Crippen molar-refractivity contribution < 1.29 is 41.1 Å². The zero-order valence-corrected chi connectivity index (χ0v) is 16.2. The van der Waals surface area contributed by atoms with Gasteiger partial charge in [-0.15, -0.1) is 0 Å². The Morgan fingerprint density at radius 3 is 2.44 bits per heavy atom. The van der Waals surface area contributed by atoms with Gasteiger partial charge in [0, 0.05) is 0 Å². The fourth-order valence-electron chi connectivity index (χ4n) is 3.13. The van der Waals surface area contributed by atoms with Gasteiger partial charge in [-0.3, -0.25) is 0 Å². The van der Waals surface area contributed by atoms with E-state index in [-0.39, 0.29) is 29.1 Å². The molecule has 0 saturated carbocycles. The van der Waals surface area contributed by atoms with Gasteiger partial charge in [0.05, 0.1) is 0 Å². The first-order valence-corrected chi connectivity index (χ1v) is 8.38. The van der Waals surface area contributed by atoms with Crippen molar-refractivity contribution in [3.63, 3.8) is 0 Å². The van der Waals surface area contributed by atoms with Gasteiger partial charge < -0.3 is 24.8 Å². The molecule has 0 spiro atoms. The van der Waals surface area contributed by atoms with E-state index in [1.807, 2.05) is 12.3 Å². The van der Waals surface area contributed by atoms with Crippen molar-refractivity contribution >= 4 is 10.9 Å². The second kappa shape index (κ2) is 8.21. The molecule has 0 bridgehead atoms. The molecule has 1 heterocycles. The summed E-state index contributed by atoms with van der Waals surface area (Å²) in [5.41, 5.74) is 4.96. The van der Waals surface area contributed by atoms with Crippen LogP contribution in [0.15, 0.2) is 90.7 Å². The summed E-state index contributed by atoms with van der Waals surface area (Å²) >= 11 is 3.37. The molecule has 1 nitrogen and oxygen atoms in total. The van der Waals surface area contributed by atoms with Crippen LogP contribution in [-0.2, 0) is 27.0 Å². The Labute approximate surface area is 169 Å². The van der Waals surface area contributed by atoms with Crippen molar-refractivity contribution in [1.29, 1.82) is 0 Å². The number of rotatable bonds is 3. The molecule has 0 aliphatic heterocycles. The van der Waals surface area contributed by atoms with Crippen LogP contribution in [0.2, 0.25) is 0 Å².